The van der Waals surface area contributed by atoms with Crippen molar-refractivity contribution in [3.8, 4) is 0 Å². The van der Waals surface area contributed by atoms with Gasteiger partial charge in [-0.1, -0.05) is 149 Å². The van der Waals surface area contributed by atoms with Gasteiger partial charge >= 0.3 is 13.8 Å². The fraction of sp³-hybridized carbons (Fsp3) is 0.604. The van der Waals surface area contributed by atoms with Crippen molar-refractivity contribution < 1.29 is 43.0 Å². The highest BCUT2D eigenvalue weighted by Gasteiger charge is 2.26. The van der Waals surface area contributed by atoms with E-state index in [1.54, 1.807) is 0 Å². The molecule has 3 N–H and O–H groups in total. The topological polar surface area (TPSA) is 132 Å². The molecule has 10 heteroatoms. The molecule has 0 saturated carbocycles. The zero-order valence-electron chi connectivity index (χ0n) is 36.0. The van der Waals surface area contributed by atoms with Crippen LogP contribution in [0.1, 0.15) is 142 Å². The lowest BCUT2D eigenvalue weighted by atomic mass is 10.1. The van der Waals surface area contributed by atoms with Gasteiger partial charge in [-0.25, -0.2) is 4.57 Å². The van der Waals surface area contributed by atoms with E-state index in [0.717, 1.165) is 116 Å². The Bertz CT molecular complexity index is 1260. The van der Waals surface area contributed by atoms with Crippen molar-refractivity contribution in [1.82, 2.24) is 0 Å². The number of esters is 1. The van der Waals surface area contributed by atoms with Gasteiger partial charge in [0, 0.05) is 13.0 Å². The van der Waals surface area contributed by atoms with Crippen molar-refractivity contribution >= 4 is 13.8 Å². The molecule has 0 aliphatic heterocycles. The quantitative estimate of drug-likeness (QED) is 0.0239. The van der Waals surface area contributed by atoms with E-state index in [-0.39, 0.29) is 13.0 Å². The summed E-state index contributed by atoms with van der Waals surface area (Å²) < 4.78 is 33.3. The maximum Gasteiger partial charge on any atom is 0.472 e. The van der Waals surface area contributed by atoms with E-state index in [2.05, 4.69) is 123 Å². The minimum atomic E-state index is -4.54. The number of hydrogen-bond donors (Lipinski definition) is 3. The third-order valence-electron chi connectivity index (χ3n) is 8.45. The minimum Gasteiger partial charge on any atom is -0.457 e. The van der Waals surface area contributed by atoms with Gasteiger partial charge in [0.1, 0.15) is 12.2 Å². The summed E-state index contributed by atoms with van der Waals surface area (Å²) in [5, 5.41) is 18.4. The number of carbonyl (C=O) groups is 1. The first kappa shape index (κ1) is 55.1. The van der Waals surface area contributed by atoms with Gasteiger partial charge in [0.15, 0.2) is 0 Å². The smallest absolute Gasteiger partial charge is 0.457 e. The van der Waals surface area contributed by atoms with Crippen LogP contribution in [-0.2, 0) is 27.9 Å². The molecule has 3 atom stereocenters. The fourth-order valence-corrected chi connectivity index (χ4v) is 5.98. The summed E-state index contributed by atoms with van der Waals surface area (Å²) in [6.45, 7) is 3.16. The van der Waals surface area contributed by atoms with Gasteiger partial charge in [-0.15, -0.1) is 0 Å². The van der Waals surface area contributed by atoms with Gasteiger partial charge in [-0.3, -0.25) is 13.8 Å². The lowest BCUT2D eigenvalue weighted by Gasteiger charge is -2.20. The van der Waals surface area contributed by atoms with Gasteiger partial charge in [-0.05, 0) is 96.3 Å². The largest absolute Gasteiger partial charge is 0.472 e. The van der Waals surface area contributed by atoms with Crippen LogP contribution >= 0.6 is 7.82 Å². The second-order valence-electron chi connectivity index (χ2n) is 13.9. The molecule has 330 valence electrons. The first-order valence-electron chi connectivity index (χ1n) is 21.9. The number of phosphoric ester groups is 1. The number of phosphoric acid groups is 1. The molecule has 0 aromatic rings. The molecule has 9 nitrogen and oxygen atoms in total. The monoisotopic (exact) mass is 831 g/mol. The van der Waals surface area contributed by atoms with Crippen LogP contribution in [0.2, 0.25) is 0 Å². The molecule has 0 amide bonds. The van der Waals surface area contributed by atoms with Crippen molar-refractivity contribution in [1.29, 1.82) is 0 Å². The Morgan fingerprint density at radius 2 is 0.931 bits per heavy atom. The molecule has 3 unspecified atom stereocenters. The molecule has 0 heterocycles. The Morgan fingerprint density at radius 1 is 0.534 bits per heavy atom. The van der Waals surface area contributed by atoms with E-state index >= 15 is 0 Å². The second kappa shape index (κ2) is 43.7. The number of aliphatic hydroxyl groups is 2. The van der Waals surface area contributed by atoms with Gasteiger partial charge < -0.3 is 24.6 Å². The molecule has 0 fully saturated rings. The van der Waals surface area contributed by atoms with Crippen LogP contribution in [0.5, 0.6) is 0 Å². The molecule has 0 aromatic heterocycles. The highest BCUT2D eigenvalue weighted by Crippen LogP contribution is 2.43. The molecule has 0 aromatic carbocycles. The third kappa shape index (κ3) is 42.7. The highest BCUT2D eigenvalue weighted by atomic mass is 31.2. The Morgan fingerprint density at radius 3 is 1.40 bits per heavy atom. The van der Waals surface area contributed by atoms with E-state index in [9.17, 15) is 19.4 Å². The summed E-state index contributed by atoms with van der Waals surface area (Å²) in [6.07, 6.45) is 56.2. The van der Waals surface area contributed by atoms with Crippen molar-refractivity contribution in [2.45, 2.75) is 154 Å². The summed E-state index contributed by atoms with van der Waals surface area (Å²) in [5.41, 5.74) is 0. The van der Waals surface area contributed by atoms with Gasteiger partial charge in [0.05, 0.1) is 26.4 Å². The highest BCUT2D eigenvalue weighted by molar-refractivity contribution is 7.47. The molecule has 0 rings (SSSR count). The van der Waals surface area contributed by atoms with Gasteiger partial charge in [0.25, 0.3) is 0 Å². The Hall–Kier alpha value is -2.88. The van der Waals surface area contributed by atoms with E-state index in [4.69, 9.17) is 23.6 Å². The number of unbranched alkanes of at least 4 members (excludes halogenated alkanes) is 8. The van der Waals surface area contributed by atoms with Crippen LogP contribution in [0.4, 0.5) is 0 Å². The van der Waals surface area contributed by atoms with Crippen LogP contribution in [0, 0.1) is 0 Å². The van der Waals surface area contributed by atoms with Crippen LogP contribution in [-0.4, -0.2) is 66.3 Å². The molecule has 0 spiro atoms. The molecule has 0 saturated heterocycles. The standard InChI is InChI=1S/C48H79O9P/c1-3-5-7-9-11-13-15-17-19-21-23-24-26-28-30-32-34-36-38-40-48(51)57-47(45-56-58(52,53)55-43-46(50)42-49)44-54-41-39-37-35-33-31-29-27-25-22-20-18-16-14-12-10-8-6-4-2/h5-8,11-14,17-20,23-25,27-28,30,46-47,49-50H,3-4,9-10,15-16,21-22,26,29,31-45H2,1-2H3,(H,52,53)/b7-5-,8-6-,13-11-,14-12-,19-17-,20-18-,24-23-,27-25-,30-28-. The molecule has 0 bridgehead atoms. The minimum absolute atomic E-state index is 0.0148. The number of hydrogen-bond acceptors (Lipinski definition) is 8. The van der Waals surface area contributed by atoms with Gasteiger partial charge in [-0.2, -0.15) is 0 Å². The summed E-state index contributed by atoms with van der Waals surface area (Å²) in [4.78, 5) is 22.6. The average Bonchev–Trinajstić information content (AvgIpc) is 3.21. The molecule has 0 aliphatic rings. The average molecular weight is 831 g/mol. The molecule has 0 aliphatic carbocycles. The normalized spacial score (nSPS) is 15.1. The maximum atomic E-state index is 12.6. The van der Waals surface area contributed by atoms with Crippen molar-refractivity contribution in [3.05, 3.63) is 109 Å². The maximum absolute atomic E-state index is 12.6. The van der Waals surface area contributed by atoms with Crippen molar-refractivity contribution in [2.24, 2.45) is 0 Å². The molecule has 0 radical (unpaired) electrons. The van der Waals surface area contributed by atoms with Gasteiger partial charge in [0.2, 0.25) is 0 Å². The predicted octanol–water partition coefficient (Wildman–Crippen LogP) is 12.2. The Balaban J connectivity index is 4.31. The number of aliphatic hydroxyl groups excluding tert-OH is 2. The number of allylic oxidation sites excluding steroid dienone is 18. The third-order valence-corrected chi connectivity index (χ3v) is 9.40. The van der Waals surface area contributed by atoms with Crippen molar-refractivity contribution in [3.63, 3.8) is 0 Å². The summed E-state index contributed by atoms with van der Waals surface area (Å²) in [5.74, 6) is -0.426. The van der Waals surface area contributed by atoms with Crippen molar-refractivity contribution in [2.75, 3.05) is 33.0 Å². The van der Waals surface area contributed by atoms with Crippen LogP contribution < -0.4 is 0 Å². The van der Waals surface area contributed by atoms with Crippen LogP contribution in [0.3, 0.4) is 0 Å². The summed E-state index contributed by atoms with van der Waals surface area (Å²) >= 11 is 0. The lowest BCUT2D eigenvalue weighted by Crippen LogP contribution is -2.29. The molecule has 58 heavy (non-hydrogen) atoms. The molecular weight excluding hydrogens is 751 g/mol. The van der Waals surface area contributed by atoms with E-state index in [0.29, 0.717) is 13.0 Å². The lowest BCUT2D eigenvalue weighted by molar-refractivity contribution is -0.154. The van der Waals surface area contributed by atoms with E-state index in [1.807, 2.05) is 0 Å². The first-order valence-corrected chi connectivity index (χ1v) is 23.4. The van der Waals surface area contributed by atoms with Crippen LogP contribution in [0.25, 0.3) is 0 Å². The number of ether oxygens (including phenoxy) is 2. The second-order valence-corrected chi connectivity index (χ2v) is 15.4. The first-order chi connectivity index (χ1) is 28.3. The number of carbonyl (C=O) groups excluding carboxylic acids is 1. The Labute approximate surface area is 352 Å². The fourth-order valence-electron chi connectivity index (χ4n) is 5.19. The molecular formula is C48H79O9P. The zero-order chi connectivity index (χ0) is 42.5. The van der Waals surface area contributed by atoms with E-state index < -0.39 is 45.8 Å². The summed E-state index contributed by atoms with van der Waals surface area (Å²) in [6, 6.07) is 0. The van der Waals surface area contributed by atoms with E-state index in [1.165, 1.54) is 0 Å². The Kier molecular flexibility index (Phi) is 41.5. The summed E-state index contributed by atoms with van der Waals surface area (Å²) in [7, 11) is -4.54. The zero-order valence-corrected chi connectivity index (χ0v) is 36.9. The predicted molar refractivity (Wildman–Crippen MR) is 241 cm³/mol. The van der Waals surface area contributed by atoms with Crippen LogP contribution in [0.15, 0.2) is 109 Å². The number of rotatable bonds is 40. The SMILES string of the molecule is CC/C=C\C/C=C\C/C=C\C/C=C\C/C=C\CCCCCC(=O)OC(COCCCCCCC/C=C\C/C=C\C/C=C\C/C=C\CC)COP(=O)(O)OCC(O)CO.